The van der Waals surface area contributed by atoms with Crippen molar-refractivity contribution in [3.05, 3.63) is 11.6 Å². The van der Waals surface area contributed by atoms with Gasteiger partial charge in [0.25, 0.3) is 0 Å². The van der Waals surface area contributed by atoms with Crippen molar-refractivity contribution in [1.82, 2.24) is 20.1 Å². The van der Waals surface area contributed by atoms with E-state index in [1.807, 2.05) is 6.92 Å². The molecule has 0 aromatic carbocycles. The van der Waals surface area contributed by atoms with Crippen LogP contribution in [0.25, 0.3) is 0 Å². The Morgan fingerprint density at radius 2 is 2.31 bits per heavy atom. The van der Waals surface area contributed by atoms with Crippen LogP contribution < -0.4 is 5.32 Å². The van der Waals surface area contributed by atoms with Gasteiger partial charge in [-0.05, 0) is 13.3 Å². The highest BCUT2D eigenvalue weighted by molar-refractivity contribution is 5.04. The number of nitrogens with zero attached hydrogens (tertiary/aromatic N) is 3. The van der Waals surface area contributed by atoms with E-state index >= 15 is 0 Å². The van der Waals surface area contributed by atoms with E-state index in [-0.39, 0.29) is 0 Å². The lowest BCUT2D eigenvalue weighted by molar-refractivity contribution is 0.148. The molecule has 0 saturated carbocycles. The molecule has 2 rings (SSSR count). The highest BCUT2D eigenvalue weighted by Crippen LogP contribution is 2.19. The van der Waals surface area contributed by atoms with E-state index in [1.54, 1.807) is 0 Å². The van der Waals surface area contributed by atoms with E-state index in [9.17, 15) is 0 Å². The molecule has 0 fully saturated rings. The van der Waals surface area contributed by atoms with Crippen molar-refractivity contribution in [3.8, 4) is 0 Å². The summed E-state index contributed by atoms with van der Waals surface area (Å²) < 4.78 is 7.59. The Labute approximate surface area is 96.2 Å². The fourth-order valence-corrected chi connectivity index (χ4v) is 2.11. The Morgan fingerprint density at radius 1 is 1.44 bits per heavy atom. The van der Waals surface area contributed by atoms with Gasteiger partial charge in [-0.1, -0.05) is 6.92 Å². The Bertz CT molecular complexity index is 337. The second-order valence-electron chi connectivity index (χ2n) is 3.99. The van der Waals surface area contributed by atoms with Crippen LogP contribution in [0.4, 0.5) is 0 Å². The van der Waals surface area contributed by atoms with E-state index < -0.39 is 0 Å². The topological polar surface area (TPSA) is 52.0 Å². The molecule has 0 spiro atoms. The predicted octanol–water partition coefficient (Wildman–Crippen LogP) is 0.911. The molecule has 1 aromatic heterocycles. The van der Waals surface area contributed by atoms with Crippen LogP contribution in [0, 0.1) is 0 Å². The van der Waals surface area contributed by atoms with Crippen LogP contribution in [0.2, 0.25) is 0 Å². The molecule has 90 valence electrons. The van der Waals surface area contributed by atoms with Crippen molar-refractivity contribution in [2.24, 2.45) is 0 Å². The number of rotatable bonds is 5. The minimum Gasteiger partial charge on any atom is -0.381 e. The van der Waals surface area contributed by atoms with E-state index in [1.165, 1.54) is 0 Å². The van der Waals surface area contributed by atoms with Gasteiger partial charge in [0.05, 0.1) is 12.6 Å². The fourth-order valence-electron chi connectivity index (χ4n) is 2.11. The van der Waals surface area contributed by atoms with Crippen LogP contribution in [0.5, 0.6) is 0 Å². The zero-order chi connectivity index (χ0) is 11.4. The lowest BCUT2D eigenvalue weighted by atomic mass is 10.2. The Morgan fingerprint density at radius 3 is 3.06 bits per heavy atom. The van der Waals surface area contributed by atoms with Crippen molar-refractivity contribution in [2.75, 3.05) is 19.8 Å². The van der Waals surface area contributed by atoms with E-state index in [4.69, 9.17) is 4.74 Å². The monoisotopic (exact) mass is 224 g/mol. The van der Waals surface area contributed by atoms with Crippen molar-refractivity contribution in [3.63, 3.8) is 0 Å². The average Bonchev–Trinajstić information content (AvgIpc) is 2.73. The zero-order valence-electron chi connectivity index (χ0n) is 10.1. The Hall–Kier alpha value is -0.940. The minimum atomic E-state index is 0.363. The van der Waals surface area contributed by atoms with Crippen LogP contribution in [0.15, 0.2) is 0 Å². The van der Waals surface area contributed by atoms with Gasteiger partial charge in [0.1, 0.15) is 11.6 Å². The Balaban J connectivity index is 2.07. The zero-order valence-corrected chi connectivity index (χ0v) is 10.1. The number of aromatic nitrogens is 3. The molecule has 16 heavy (non-hydrogen) atoms. The molecule has 1 N–H and O–H groups in total. The fraction of sp³-hybridized carbons (Fsp3) is 0.818. The number of fused-ring (bicyclic) bond motifs is 1. The van der Waals surface area contributed by atoms with Crippen LogP contribution in [-0.2, 0) is 17.7 Å². The van der Waals surface area contributed by atoms with Crippen molar-refractivity contribution in [2.45, 2.75) is 39.3 Å². The maximum Gasteiger partial charge on any atom is 0.150 e. The first-order valence-corrected chi connectivity index (χ1v) is 6.09. The summed E-state index contributed by atoms with van der Waals surface area (Å²) in [7, 11) is 0. The molecule has 5 heteroatoms. The predicted molar refractivity (Wildman–Crippen MR) is 61.3 cm³/mol. The third kappa shape index (κ3) is 2.25. The van der Waals surface area contributed by atoms with Gasteiger partial charge in [-0.2, -0.15) is 0 Å². The summed E-state index contributed by atoms with van der Waals surface area (Å²) >= 11 is 0. The van der Waals surface area contributed by atoms with Gasteiger partial charge < -0.3 is 14.6 Å². The first-order valence-electron chi connectivity index (χ1n) is 6.09. The maximum atomic E-state index is 5.35. The average molecular weight is 224 g/mol. The van der Waals surface area contributed by atoms with Crippen LogP contribution >= 0.6 is 0 Å². The second-order valence-corrected chi connectivity index (χ2v) is 3.99. The molecule has 1 aromatic rings. The van der Waals surface area contributed by atoms with Gasteiger partial charge in [-0.15, -0.1) is 10.2 Å². The van der Waals surface area contributed by atoms with Crippen LogP contribution in [0.1, 0.15) is 38.0 Å². The molecular formula is C11H20N4O. The summed E-state index contributed by atoms with van der Waals surface area (Å²) in [6.45, 7) is 7.66. The second kappa shape index (κ2) is 5.41. The molecule has 0 bridgehead atoms. The number of nitrogens with one attached hydrogen (secondary N) is 1. The lowest BCUT2D eigenvalue weighted by Gasteiger charge is -2.23. The molecule has 0 saturated heterocycles. The molecule has 0 aliphatic carbocycles. The summed E-state index contributed by atoms with van der Waals surface area (Å²) in [5.74, 6) is 2.14. The molecule has 1 unspecified atom stereocenters. The van der Waals surface area contributed by atoms with Gasteiger partial charge in [-0.25, -0.2) is 0 Å². The molecular weight excluding hydrogens is 204 g/mol. The lowest BCUT2D eigenvalue weighted by Crippen LogP contribution is -2.34. The smallest absolute Gasteiger partial charge is 0.150 e. The highest BCUT2D eigenvalue weighted by Gasteiger charge is 2.22. The third-order valence-corrected chi connectivity index (χ3v) is 2.98. The normalized spacial score (nSPS) is 19.8. The third-order valence-electron chi connectivity index (χ3n) is 2.98. The summed E-state index contributed by atoms with van der Waals surface area (Å²) in [6, 6.07) is 0.363. The summed E-state index contributed by atoms with van der Waals surface area (Å²) in [5.41, 5.74) is 0. The van der Waals surface area contributed by atoms with Crippen molar-refractivity contribution in [1.29, 1.82) is 0 Å². The van der Waals surface area contributed by atoms with Gasteiger partial charge in [0.2, 0.25) is 0 Å². The van der Waals surface area contributed by atoms with Crippen LogP contribution in [-0.4, -0.2) is 34.5 Å². The van der Waals surface area contributed by atoms with Crippen LogP contribution in [0.3, 0.4) is 0 Å². The summed E-state index contributed by atoms with van der Waals surface area (Å²) in [6.07, 6.45) is 1.92. The van der Waals surface area contributed by atoms with Gasteiger partial charge >= 0.3 is 0 Å². The molecule has 1 atom stereocenters. The largest absolute Gasteiger partial charge is 0.381 e. The molecule has 0 amide bonds. The van der Waals surface area contributed by atoms with Gasteiger partial charge in [0.15, 0.2) is 0 Å². The number of ether oxygens (including phenoxy) is 1. The summed E-state index contributed by atoms with van der Waals surface area (Å²) in [4.78, 5) is 0. The van der Waals surface area contributed by atoms with E-state index in [0.29, 0.717) is 6.04 Å². The number of hydrogen-bond donors (Lipinski definition) is 1. The van der Waals surface area contributed by atoms with Gasteiger partial charge in [-0.3, -0.25) is 0 Å². The maximum absolute atomic E-state index is 5.35. The molecule has 2 heterocycles. The van der Waals surface area contributed by atoms with Crippen molar-refractivity contribution >= 4 is 0 Å². The minimum absolute atomic E-state index is 0.363. The molecule has 1 aliphatic rings. The molecule has 0 radical (unpaired) electrons. The Kier molecular flexibility index (Phi) is 3.90. The summed E-state index contributed by atoms with van der Waals surface area (Å²) in [5, 5.41) is 12.0. The van der Waals surface area contributed by atoms with E-state index in [0.717, 1.165) is 50.8 Å². The first kappa shape index (κ1) is 11.5. The number of hydrogen-bond acceptors (Lipinski definition) is 4. The van der Waals surface area contributed by atoms with E-state index in [2.05, 4.69) is 27.0 Å². The standard InChI is InChI=1S/C11H20N4O/c1-3-9-11-14-13-10(5-8-16-4-2)15(11)7-6-12-9/h9,12H,3-8H2,1-2H3. The SMILES string of the molecule is CCOCCc1nnc2n1CCNC2CC. The molecule has 5 nitrogen and oxygen atoms in total. The molecule has 1 aliphatic heterocycles. The van der Waals surface area contributed by atoms with Gasteiger partial charge in [0, 0.05) is 26.1 Å². The van der Waals surface area contributed by atoms with Crippen molar-refractivity contribution < 1.29 is 4.74 Å². The quantitative estimate of drug-likeness (QED) is 0.755. The first-order chi connectivity index (χ1) is 7.86. The highest BCUT2D eigenvalue weighted by atomic mass is 16.5.